The van der Waals surface area contributed by atoms with Crippen LogP contribution in [0.3, 0.4) is 0 Å². The molecule has 3 heterocycles. The van der Waals surface area contributed by atoms with Gasteiger partial charge in [0.15, 0.2) is 11.0 Å². The summed E-state index contributed by atoms with van der Waals surface area (Å²) >= 11 is 1.39. The molecule has 1 saturated carbocycles. The number of imidazole rings is 1. The fourth-order valence-corrected chi connectivity index (χ4v) is 5.28. The Hall–Kier alpha value is -3.40. The Morgan fingerprint density at radius 2 is 2.03 bits per heavy atom. The van der Waals surface area contributed by atoms with Crippen LogP contribution in [0.2, 0.25) is 0 Å². The lowest BCUT2D eigenvalue weighted by Crippen LogP contribution is -2.23. The molecule has 33 heavy (non-hydrogen) atoms. The van der Waals surface area contributed by atoms with Crippen LogP contribution in [0, 0.1) is 5.92 Å². The molecule has 1 fully saturated rings. The van der Waals surface area contributed by atoms with E-state index in [4.69, 9.17) is 0 Å². The number of anilines is 1. The standard InChI is InChI=1S/C23H25N7O2S/c1-14-5-2-3-7-19(14)30-21(15-6-4-10-24-12-15)28-29-23(30)33-13-20(31)25-16-8-9-17-18(11-16)27-22(32)26-17/h4,6,8-12,14,19H,2-3,5,7,13H2,1H3,(H,25,31)(H2,26,27,32)/t14-,19+/m1/s1. The summed E-state index contributed by atoms with van der Waals surface area (Å²) in [6.07, 6.45) is 8.20. The van der Waals surface area contributed by atoms with Gasteiger partial charge in [0.05, 0.1) is 16.8 Å². The minimum Gasteiger partial charge on any atom is -0.325 e. The zero-order chi connectivity index (χ0) is 22.8. The number of rotatable bonds is 6. The summed E-state index contributed by atoms with van der Waals surface area (Å²) in [6, 6.07) is 9.44. The Bertz CT molecular complexity index is 1330. The van der Waals surface area contributed by atoms with E-state index in [2.05, 4.69) is 42.0 Å². The van der Waals surface area contributed by atoms with Crippen LogP contribution < -0.4 is 11.0 Å². The summed E-state index contributed by atoms with van der Waals surface area (Å²) < 4.78 is 2.20. The van der Waals surface area contributed by atoms with E-state index in [-0.39, 0.29) is 17.3 Å². The maximum absolute atomic E-state index is 12.7. The topological polar surface area (TPSA) is 121 Å². The lowest BCUT2D eigenvalue weighted by atomic mass is 9.85. The third kappa shape index (κ3) is 4.56. The largest absolute Gasteiger partial charge is 0.325 e. The van der Waals surface area contributed by atoms with Crippen LogP contribution in [0.4, 0.5) is 5.69 Å². The van der Waals surface area contributed by atoms with Gasteiger partial charge in [0.2, 0.25) is 5.91 Å². The first-order valence-corrected chi connectivity index (χ1v) is 12.1. The average Bonchev–Trinajstić information content (AvgIpc) is 3.41. The monoisotopic (exact) mass is 463 g/mol. The van der Waals surface area contributed by atoms with Gasteiger partial charge in [0, 0.05) is 29.7 Å². The number of carbonyl (C=O) groups is 1. The molecule has 5 rings (SSSR count). The first kappa shape index (κ1) is 21.4. The van der Waals surface area contributed by atoms with Crippen LogP contribution in [0.15, 0.2) is 52.7 Å². The molecule has 0 saturated heterocycles. The van der Waals surface area contributed by atoms with Crippen LogP contribution in [-0.4, -0.2) is 41.4 Å². The van der Waals surface area contributed by atoms with E-state index < -0.39 is 0 Å². The van der Waals surface area contributed by atoms with E-state index in [1.807, 2.05) is 12.1 Å². The summed E-state index contributed by atoms with van der Waals surface area (Å²) in [5.74, 6) is 1.36. The Labute approximate surface area is 194 Å². The number of benzene rings is 1. The molecule has 1 aliphatic rings. The van der Waals surface area contributed by atoms with Crippen LogP contribution in [0.1, 0.15) is 38.6 Å². The number of aromatic amines is 2. The van der Waals surface area contributed by atoms with Crippen LogP contribution >= 0.6 is 11.8 Å². The van der Waals surface area contributed by atoms with E-state index in [1.165, 1.54) is 31.0 Å². The number of thioether (sulfide) groups is 1. The van der Waals surface area contributed by atoms with Gasteiger partial charge in [-0.15, -0.1) is 10.2 Å². The molecule has 1 aliphatic carbocycles. The summed E-state index contributed by atoms with van der Waals surface area (Å²) in [6.45, 7) is 2.28. The van der Waals surface area contributed by atoms with Gasteiger partial charge in [0.25, 0.3) is 0 Å². The van der Waals surface area contributed by atoms with E-state index >= 15 is 0 Å². The number of fused-ring (bicyclic) bond motifs is 1. The van der Waals surface area contributed by atoms with Crippen molar-refractivity contribution in [1.29, 1.82) is 0 Å². The highest BCUT2D eigenvalue weighted by Crippen LogP contribution is 2.38. The van der Waals surface area contributed by atoms with E-state index in [9.17, 15) is 9.59 Å². The molecule has 0 bridgehead atoms. The van der Waals surface area contributed by atoms with Crippen molar-refractivity contribution >= 4 is 34.4 Å². The summed E-state index contributed by atoms with van der Waals surface area (Å²) in [5.41, 5.74) is 2.63. The number of hydrogen-bond acceptors (Lipinski definition) is 6. The summed E-state index contributed by atoms with van der Waals surface area (Å²) in [5, 5.41) is 12.6. The fourth-order valence-electron chi connectivity index (χ4n) is 4.48. The van der Waals surface area contributed by atoms with Gasteiger partial charge in [-0.05, 0) is 49.1 Å². The van der Waals surface area contributed by atoms with Gasteiger partial charge in [0.1, 0.15) is 0 Å². The summed E-state index contributed by atoms with van der Waals surface area (Å²) in [7, 11) is 0. The molecule has 170 valence electrons. The molecule has 4 aromatic rings. The highest BCUT2D eigenvalue weighted by Gasteiger charge is 2.29. The third-order valence-electron chi connectivity index (χ3n) is 6.11. The summed E-state index contributed by atoms with van der Waals surface area (Å²) in [4.78, 5) is 33.8. The Kier molecular flexibility index (Phi) is 5.99. The maximum atomic E-state index is 12.7. The van der Waals surface area contributed by atoms with Crippen molar-refractivity contribution in [2.45, 2.75) is 43.8 Å². The van der Waals surface area contributed by atoms with Crippen molar-refractivity contribution in [2.24, 2.45) is 5.92 Å². The van der Waals surface area contributed by atoms with Gasteiger partial charge in [-0.3, -0.25) is 14.3 Å². The zero-order valence-electron chi connectivity index (χ0n) is 18.2. The number of pyridine rings is 1. The number of nitrogens with one attached hydrogen (secondary N) is 3. The van der Waals surface area contributed by atoms with E-state index in [0.29, 0.717) is 28.7 Å². The van der Waals surface area contributed by atoms with Gasteiger partial charge in [-0.1, -0.05) is 31.5 Å². The molecule has 0 radical (unpaired) electrons. The number of nitrogens with zero attached hydrogens (tertiary/aromatic N) is 4. The Morgan fingerprint density at radius 1 is 1.18 bits per heavy atom. The molecule has 0 aliphatic heterocycles. The number of H-pyrrole nitrogens is 2. The first-order chi connectivity index (χ1) is 16.1. The van der Waals surface area contributed by atoms with Gasteiger partial charge in [-0.2, -0.15) is 0 Å². The normalized spacial score (nSPS) is 18.5. The second kappa shape index (κ2) is 9.22. The van der Waals surface area contributed by atoms with E-state index in [1.54, 1.807) is 30.6 Å². The molecule has 3 N–H and O–H groups in total. The lowest BCUT2D eigenvalue weighted by Gasteiger charge is -2.31. The molecule has 1 amide bonds. The maximum Gasteiger partial charge on any atom is 0.323 e. The molecule has 0 unspecified atom stereocenters. The van der Waals surface area contributed by atoms with Crippen LogP contribution in [0.25, 0.3) is 22.4 Å². The first-order valence-electron chi connectivity index (χ1n) is 11.1. The molecule has 0 spiro atoms. The fraction of sp³-hybridized carbons (Fsp3) is 0.348. The quantitative estimate of drug-likeness (QED) is 0.372. The van der Waals surface area contributed by atoms with Crippen molar-refractivity contribution in [3.63, 3.8) is 0 Å². The van der Waals surface area contributed by atoms with Crippen molar-refractivity contribution in [2.75, 3.05) is 11.1 Å². The molecular weight excluding hydrogens is 438 g/mol. The number of aromatic nitrogens is 6. The lowest BCUT2D eigenvalue weighted by molar-refractivity contribution is -0.113. The minimum atomic E-state index is -0.273. The Balaban J connectivity index is 1.35. The predicted octanol–water partition coefficient (Wildman–Crippen LogP) is 3.99. The molecule has 9 nitrogen and oxygen atoms in total. The van der Waals surface area contributed by atoms with Gasteiger partial charge < -0.3 is 15.3 Å². The van der Waals surface area contributed by atoms with Crippen molar-refractivity contribution in [1.82, 2.24) is 29.7 Å². The van der Waals surface area contributed by atoms with Gasteiger partial charge in [-0.25, -0.2) is 4.79 Å². The highest BCUT2D eigenvalue weighted by atomic mass is 32.2. The number of carbonyl (C=O) groups excluding carboxylic acids is 1. The molecule has 10 heteroatoms. The predicted molar refractivity (Wildman–Crippen MR) is 128 cm³/mol. The zero-order valence-corrected chi connectivity index (χ0v) is 19.1. The SMILES string of the molecule is C[C@@H]1CCCC[C@@H]1n1c(SCC(=O)Nc2ccc3[nH]c(=O)[nH]c3c2)nnc1-c1cccnc1. The highest BCUT2D eigenvalue weighted by molar-refractivity contribution is 7.99. The molecule has 2 atom stereocenters. The van der Waals surface area contributed by atoms with E-state index in [0.717, 1.165) is 23.0 Å². The Morgan fingerprint density at radius 3 is 2.85 bits per heavy atom. The minimum absolute atomic E-state index is 0.147. The second-order valence-corrected chi connectivity index (χ2v) is 9.37. The van der Waals surface area contributed by atoms with Crippen molar-refractivity contribution < 1.29 is 4.79 Å². The van der Waals surface area contributed by atoms with Crippen LogP contribution in [0.5, 0.6) is 0 Å². The average molecular weight is 464 g/mol. The molecular formula is C23H25N7O2S. The molecule has 3 aromatic heterocycles. The van der Waals surface area contributed by atoms with Gasteiger partial charge >= 0.3 is 5.69 Å². The second-order valence-electron chi connectivity index (χ2n) is 8.42. The third-order valence-corrected chi connectivity index (χ3v) is 7.06. The number of hydrogen-bond donors (Lipinski definition) is 3. The smallest absolute Gasteiger partial charge is 0.323 e. The van der Waals surface area contributed by atoms with Crippen molar-refractivity contribution in [3.05, 3.63) is 53.2 Å². The number of amides is 1. The van der Waals surface area contributed by atoms with Crippen molar-refractivity contribution in [3.8, 4) is 11.4 Å². The van der Waals surface area contributed by atoms with Crippen LogP contribution in [-0.2, 0) is 4.79 Å². The molecule has 1 aromatic carbocycles.